The Hall–Kier alpha value is -1.95. The van der Waals surface area contributed by atoms with Gasteiger partial charge in [0.15, 0.2) is 5.78 Å². The molecular formula is C19H19Cl2FN2O2. The van der Waals surface area contributed by atoms with Crippen molar-refractivity contribution in [3.8, 4) is 0 Å². The van der Waals surface area contributed by atoms with Crippen LogP contribution in [0.15, 0.2) is 36.4 Å². The van der Waals surface area contributed by atoms with Crippen molar-refractivity contribution < 1.29 is 14.0 Å². The number of benzene rings is 2. The number of ketones is 1. The van der Waals surface area contributed by atoms with Crippen molar-refractivity contribution in [1.29, 1.82) is 0 Å². The third kappa shape index (κ3) is 5.04. The summed E-state index contributed by atoms with van der Waals surface area (Å²) in [4.78, 5) is 23.8. The van der Waals surface area contributed by atoms with Crippen molar-refractivity contribution in [1.82, 2.24) is 5.32 Å². The average Bonchev–Trinajstić information content (AvgIpc) is 2.58. The number of rotatable bonds is 6. The van der Waals surface area contributed by atoms with Crippen molar-refractivity contribution in [2.24, 2.45) is 0 Å². The van der Waals surface area contributed by atoms with Gasteiger partial charge in [-0.3, -0.25) is 14.9 Å². The summed E-state index contributed by atoms with van der Waals surface area (Å²) >= 11 is 11.8. The maximum atomic E-state index is 13.7. The molecule has 0 aliphatic heterocycles. The van der Waals surface area contributed by atoms with Crippen LogP contribution in [0.25, 0.3) is 0 Å². The van der Waals surface area contributed by atoms with Gasteiger partial charge in [0.1, 0.15) is 5.82 Å². The van der Waals surface area contributed by atoms with E-state index in [1.54, 1.807) is 38.1 Å². The Bertz CT molecular complexity index is 842. The highest BCUT2D eigenvalue weighted by Gasteiger charge is 2.19. The van der Waals surface area contributed by atoms with E-state index in [2.05, 4.69) is 10.6 Å². The van der Waals surface area contributed by atoms with E-state index in [0.29, 0.717) is 21.8 Å². The van der Waals surface area contributed by atoms with Crippen LogP contribution in [-0.2, 0) is 4.79 Å². The second kappa shape index (κ2) is 8.62. The van der Waals surface area contributed by atoms with Crippen LogP contribution in [0.1, 0.15) is 42.7 Å². The van der Waals surface area contributed by atoms with Crippen LogP contribution in [0, 0.1) is 5.82 Å². The molecular weight excluding hydrogens is 378 g/mol. The Morgan fingerprint density at radius 2 is 1.77 bits per heavy atom. The molecule has 0 radical (unpaired) electrons. The molecule has 7 heteroatoms. The molecule has 0 saturated carbocycles. The van der Waals surface area contributed by atoms with Gasteiger partial charge in [0.25, 0.3) is 0 Å². The molecule has 0 fully saturated rings. The number of Topliss-reactive ketones (excluding diaryl/α,β-unsaturated/α-hetero) is 1. The fourth-order valence-electron chi connectivity index (χ4n) is 2.48. The van der Waals surface area contributed by atoms with E-state index in [1.807, 2.05) is 0 Å². The van der Waals surface area contributed by atoms with Crippen LogP contribution >= 0.6 is 23.2 Å². The molecule has 0 aromatic heterocycles. The highest BCUT2D eigenvalue weighted by atomic mass is 35.5. The zero-order valence-electron chi connectivity index (χ0n) is 14.6. The van der Waals surface area contributed by atoms with Gasteiger partial charge in [-0.05, 0) is 50.6 Å². The molecule has 0 unspecified atom stereocenters. The third-order valence-electron chi connectivity index (χ3n) is 3.94. The standard InChI is InChI=1S/C19H19Cl2FN2O2/c1-10(15-8-18(22)17(21)9-16(15)20)23-11(2)19(26)24-14-6-4-5-13(7-14)12(3)25/h4-11,23H,1-3H3,(H,24,26)/t10-,11-/m0/s1. The maximum Gasteiger partial charge on any atom is 0.241 e. The molecule has 0 aliphatic carbocycles. The first-order chi connectivity index (χ1) is 12.2. The number of hydrogen-bond donors (Lipinski definition) is 2. The number of amides is 1. The molecule has 2 N–H and O–H groups in total. The normalized spacial score (nSPS) is 13.2. The molecule has 4 nitrogen and oxygen atoms in total. The summed E-state index contributed by atoms with van der Waals surface area (Å²) in [6.07, 6.45) is 0. The van der Waals surface area contributed by atoms with Gasteiger partial charge < -0.3 is 5.32 Å². The summed E-state index contributed by atoms with van der Waals surface area (Å²) in [5.74, 6) is -0.943. The first-order valence-electron chi connectivity index (χ1n) is 8.01. The molecule has 2 aromatic rings. The summed E-state index contributed by atoms with van der Waals surface area (Å²) in [5, 5.41) is 6.08. The summed E-state index contributed by atoms with van der Waals surface area (Å²) < 4.78 is 13.7. The minimum absolute atomic E-state index is 0.0536. The van der Waals surface area contributed by atoms with Gasteiger partial charge in [-0.1, -0.05) is 35.3 Å². The first kappa shape index (κ1) is 20.4. The van der Waals surface area contributed by atoms with E-state index in [4.69, 9.17) is 23.2 Å². The van der Waals surface area contributed by atoms with E-state index < -0.39 is 11.9 Å². The lowest BCUT2D eigenvalue weighted by Crippen LogP contribution is -2.39. The SMILES string of the molecule is CC(=O)c1cccc(NC(=O)[C@H](C)N[C@@H](C)c2cc(F)c(Cl)cc2Cl)c1. The largest absolute Gasteiger partial charge is 0.325 e. The lowest BCUT2D eigenvalue weighted by atomic mass is 10.1. The van der Waals surface area contributed by atoms with Crippen molar-refractivity contribution in [3.05, 3.63) is 63.4 Å². The molecule has 2 atom stereocenters. The molecule has 2 rings (SSSR count). The number of carbonyl (C=O) groups excluding carboxylic acids is 2. The molecule has 0 bridgehead atoms. The zero-order valence-corrected chi connectivity index (χ0v) is 16.1. The van der Waals surface area contributed by atoms with Gasteiger partial charge in [-0.25, -0.2) is 4.39 Å². The molecule has 1 amide bonds. The Morgan fingerprint density at radius 3 is 2.42 bits per heavy atom. The highest BCUT2D eigenvalue weighted by Crippen LogP contribution is 2.28. The monoisotopic (exact) mass is 396 g/mol. The molecule has 2 aromatic carbocycles. The second-order valence-electron chi connectivity index (χ2n) is 6.02. The van der Waals surface area contributed by atoms with Gasteiger partial charge in [0.2, 0.25) is 5.91 Å². The van der Waals surface area contributed by atoms with Gasteiger partial charge in [0, 0.05) is 22.3 Å². The average molecular weight is 397 g/mol. The van der Waals surface area contributed by atoms with Crippen LogP contribution in [0.4, 0.5) is 10.1 Å². The minimum atomic E-state index is -0.583. The molecule has 26 heavy (non-hydrogen) atoms. The van der Waals surface area contributed by atoms with Crippen molar-refractivity contribution >= 4 is 40.6 Å². The van der Waals surface area contributed by atoms with E-state index in [1.165, 1.54) is 19.1 Å². The number of hydrogen-bond acceptors (Lipinski definition) is 3. The zero-order chi connectivity index (χ0) is 19.4. The minimum Gasteiger partial charge on any atom is -0.325 e. The van der Waals surface area contributed by atoms with Gasteiger partial charge in [0.05, 0.1) is 11.1 Å². The smallest absolute Gasteiger partial charge is 0.241 e. The Balaban J connectivity index is 2.06. The predicted molar refractivity (Wildman–Crippen MR) is 103 cm³/mol. The summed E-state index contributed by atoms with van der Waals surface area (Å²) in [6, 6.07) is 8.32. The van der Waals surface area contributed by atoms with Crippen molar-refractivity contribution in [3.63, 3.8) is 0 Å². The van der Waals surface area contributed by atoms with Crippen LogP contribution in [0.2, 0.25) is 10.0 Å². The van der Waals surface area contributed by atoms with Crippen molar-refractivity contribution in [2.75, 3.05) is 5.32 Å². The van der Waals surface area contributed by atoms with E-state index in [0.717, 1.165) is 0 Å². The Kier molecular flexibility index (Phi) is 6.75. The van der Waals surface area contributed by atoms with Crippen LogP contribution in [0.3, 0.4) is 0 Å². The fraction of sp³-hybridized carbons (Fsp3) is 0.263. The maximum absolute atomic E-state index is 13.7. The molecule has 0 aliphatic rings. The molecule has 0 saturated heterocycles. The number of anilines is 1. The summed E-state index contributed by atoms with van der Waals surface area (Å²) in [6.45, 7) is 4.91. The molecule has 0 spiro atoms. The van der Waals surface area contributed by atoms with E-state index in [-0.39, 0.29) is 22.8 Å². The highest BCUT2D eigenvalue weighted by molar-refractivity contribution is 6.35. The van der Waals surface area contributed by atoms with Crippen LogP contribution in [0.5, 0.6) is 0 Å². The lowest BCUT2D eigenvalue weighted by molar-refractivity contribution is -0.117. The van der Waals surface area contributed by atoms with Gasteiger partial charge in [-0.2, -0.15) is 0 Å². The quantitative estimate of drug-likeness (QED) is 0.532. The van der Waals surface area contributed by atoms with Gasteiger partial charge >= 0.3 is 0 Å². The van der Waals surface area contributed by atoms with E-state index in [9.17, 15) is 14.0 Å². The van der Waals surface area contributed by atoms with Crippen LogP contribution < -0.4 is 10.6 Å². The Morgan fingerprint density at radius 1 is 1.08 bits per heavy atom. The summed E-state index contributed by atoms with van der Waals surface area (Å²) in [5.41, 5.74) is 1.55. The summed E-state index contributed by atoms with van der Waals surface area (Å²) in [7, 11) is 0. The first-order valence-corrected chi connectivity index (χ1v) is 8.77. The number of halogens is 3. The lowest BCUT2D eigenvalue weighted by Gasteiger charge is -2.21. The molecule has 0 heterocycles. The van der Waals surface area contributed by atoms with E-state index >= 15 is 0 Å². The second-order valence-corrected chi connectivity index (χ2v) is 6.84. The topological polar surface area (TPSA) is 58.2 Å². The molecule has 138 valence electrons. The van der Waals surface area contributed by atoms with Gasteiger partial charge in [-0.15, -0.1) is 0 Å². The number of carbonyl (C=O) groups is 2. The Labute approximate surface area is 161 Å². The fourth-order valence-corrected chi connectivity index (χ4v) is 3.02. The van der Waals surface area contributed by atoms with Crippen molar-refractivity contribution in [2.45, 2.75) is 32.9 Å². The number of nitrogens with one attached hydrogen (secondary N) is 2. The third-order valence-corrected chi connectivity index (χ3v) is 4.55. The predicted octanol–water partition coefficient (Wildman–Crippen LogP) is 5.01. The van der Waals surface area contributed by atoms with Crippen LogP contribution in [-0.4, -0.2) is 17.7 Å².